The van der Waals surface area contributed by atoms with E-state index in [4.69, 9.17) is 9.39 Å². The van der Waals surface area contributed by atoms with E-state index in [-0.39, 0.29) is 12.6 Å². The fraction of sp³-hybridized carbons (Fsp3) is 0.857. The monoisotopic (exact) mass is 392 g/mol. The van der Waals surface area contributed by atoms with Gasteiger partial charge in [0.15, 0.2) is 0 Å². The van der Waals surface area contributed by atoms with Crippen molar-refractivity contribution in [2.75, 3.05) is 19.7 Å². The average molecular weight is 392 g/mol. The number of carbonyl (C=O) groups excluding carboxylic acids is 2. The molecule has 3 N–H and O–H groups in total. The van der Waals surface area contributed by atoms with E-state index < -0.39 is 34.4 Å². The van der Waals surface area contributed by atoms with Gasteiger partial charge >= 0.3 is 16.4 Å². The number of piperidine rings is 1. The summed E-state index contributed by atoms with van der Waals surface area (Å²) in [5, 5.41) is 3.96. The maximum Gasteiger partial charge on any atom is 0.418 e. The molecule has 148 valence electrons. The second kappa shape index (κ2) is 8.05. The molecule has 3 atom stereocenters. The predicted molar refractivity (Wildman–Crippen MR) is 87.7 cm³/mol. The van der Waals surface area contributed by atoms with Crippen molar-refractivity contribution in [3.05, 3.63) is 0 Å². The molecule has 3 amide bonds. The van der Waals surface area contributed by atoms with Crippen LogP contribution in [0.3, 0.4) is 0 Å². The number of nitrogens with zero attached hydrogens (tertiary/aromatic N) is 2. The summed E-state index contributed by atoms with van der Waals surface area (Å²) < 4.78 is 34.8. The third kappa shape index (κ3) is 4.62. The molecule has 3 rings (SSSR count). The van der Waals surface area contributed by atoms with E-state index in [2.05, 4.69) is 15.1 Å². The SMILES string of the molecule is O=C(NOCC1CCCCCN1)C1CCC2CN1C(=O)N2OS(=O)(=O)O. The van der Waals surface area contributed by atoms with Gasteiger partial charge in [0.05, 0.1) is 12.6 Å². The molecule has 0 aromatic rings. The second-order valence-electron chi connectivity index (χ2n) is 6.79. The lowest BCUT2D eigenvalue weighted by Gasteiger charge is -2.29. The van der Waals surface area contributed by atoms with E-state index in [9.17, 15) is 18.0 Å². The van der Waals surface area contributed by atoms with Gasteiger partial charge in [-0.05, 0) is 32.2 Å². The van der Waals surface area contributed by atoms with Crippen molar-refractivity contribution in [1.82, 2.24) is 20.8 Å². The van der Waals surface area contributed by atoms with E-state index >= 15 is 0 Å². The number of nitrogens with one attached hydrogen (secondary N) is 2. The van der Waals surface area contributed by atoms with Crippen LogP contribution in [0.1, 0.15) is 38.5 Å². The Morgan fingerprint density at radius 1 is 1.27 bits per heavy atom. The van der Waals surface area contributed by atoms with Crippen LogP contribution in [0.15, 0.2) is 0 Å². The highest BCUT2D eigenvalue weighted by atomic mass is 32.3. The van der Waals surface area contributed by atoms with Crippen molar-refractivity contribution >= 4 is 22.3 Å². The molecular weight excluding hydrogens is 368 g/mol. The molecule has 11 nitrogen and oxygen atoms in total. The van der Waals surface area contributed by atoms with Crippen LogP contribution in [-0.2, 0) is 24.3 Å². The molecule has 3 unspecified atom stereocenters. The Morgan fingerprint density at radius 3 is 2.85 bits per heavy atom. The number of carbonyl (C=O) groups is 2. The first-order valence-electron chi connectivity index (χ1n) is 8.77. The van der Waals surface area contributed by atoms with Crippen molar-refractivity contribution in [2.24, 2.45) is 0 Å². The maximum atomic E-state index is 12.4. The van der Waals surface area contributed by atoms with Crippen LogP contribution in [0.2, 0.25) is 0 Å². The number of amides is 3. The molecule has 0 saturated carbocycles. The number of rotatable bonds is 6. The molecule has 2 bridgehead atoms. The first kappa shape index (κ1) is 19.3. The molecule has 3 fully saturated rings. The Hall–Kier alpha value is -1.47. The molecule has 26 heavy (non-hydrogen) atoms. The second-order valence-corrected chi connectivity index (χ2v) is 7.79. The minimum Gasteiger partial charge on any atom is -0.312 e. The summed E-state index contributed by atoms with van der Waals surface area (Å²) in [5.41, 5.74) is 2.39. The molecule has 0 aliphatic carbocycles. The molecule has 0 spiro atoms. The van der Waals surface area contributed by atoms with Gasteiger partial charge in [-0.1, -0.05) is 12.8 Å². The molecule has 3 saturated heterocycles. The van der Waals surface area contributed by atoms with Crippen molar-refractivity contribution in [1.29, 1.82) is 0 Å². The summed E-state index contributed by atoms with van der Waals surface area (Å²) in [7, 11) is -4.80. The Bertz CT molecular complexity index is 635. The average Bonchev–Trinajstić information content (AvgIpc) is 2.78. The van der Waals surface area contributed by atoms with Crippen LogP contribution in [0, 0.1) is 0 Å². The number of hydrogen-bond donors (Lipinski definition) is 3. The predicted octanol–water partition coefficient (Wildman–Crippen LogP) is -0.431. The number of fused-ring (bicyclic) bond motifs is 2. The van der Waals surface area contributed by atoms with Gasteiger partial charge in [-0.25, -0.2) is 10.3 Å². The van der Waals surface area contributed by atoms with Crippen LogP contribution in [0.4, 0.5) is 4.79 Å². The van der Waals surface area contributed by atoms with Crippen LogP contribution in [0.5, 0.6) is 0 Å². The number of hydrogen-bond acceptors (Lipinski definition) is 7. The van der Waals surface area contributed by atoms with E-state index in [1.807, 2.05) is 0 Å². The minimum atomic E-state index is -4.80. The fourth-order valence-electron chi connectivity index (χ4n) is 3.63. The van der Waals surface area contributed by atoms with Crippen molar-refractivity contribution in [2.45, 2.75) is 56.7 Å². The zero-order valence-electron chi connectivity index (χ0n) is 14.3. The van der Waals surface area contributed by atoms with Crippen LogP contribution in [-0.4, -0.2) is 72.7 Å². The lowest BCUT2D eigenvalue weighted by molar-refractivity contribution is -0.139. The number of urea groups is 1. The first-order chi connectivity index (χ1) is 12.3. The Morgan fingerprint density at radius 2 is 2.08 bits per heavy atom. The lowest BCUT2D eigenvalue weighted by Crippen LogP contribution is -2.50. The highest BCUT2D eigenvalue weighted by Crippen LogP contribution is 2.30. The van der Waals surface area contributed by atoms with Gasteiger partial charge in [-0.15, -0.1) is 4.28 Å². The van der Waals surface area contributed by atoms with E-state index in [0.717, 1.165) is 25.8 Å². The zero-order valence-corrected chi connectivity index (χ0v) is 15.1. The largest absolute Gasteiger partial charge is 0.418 e. The smallest absolute Gasteiger partial charge is 0.312 e. The summed E-state index contributed by atoms with van der Waals surface area (Å²) >= 11 is 0. The lowest BCUT2D eigenvalue weighted by atomic mass is 10.0. The standard InChI is InChI=1S/C14H24N4O7S/c19-13(16-24-9-10-4-2-1-3-7-15-10)12-6-5-11-8-17(12)14(20)18(11)25-26(21,22)23/h10-12,15H,1-9H2,(H,16,19)(H,21,22,23). The Balaban J connectivity index is 1.50. The van der Waals surface area contributed by atoms with Gasteiger partial charge in [0.25, 0.3) is 5.91 Å². The van der Waals surface area contributed by atoms with Gasteiger partial charge in [-0.3, -0.25) is 14.2 Å². The fourth-order valence-corrected chi connectivity index (χ4v) is 4.02. The van der Waals surface area contributed by atoms with Crippen LogP contribution >= 0.6 is 0 Å². The molecule has 0 radical (unpaired) electrons. The third-order valence-corrected chi connectivity index (χ3v) is 5.27. The van der Waals surface area contributed by atoms with Gasteiger partial charge in [0, 0.05) is 12.6 Å². The summed E-state index contributed by atoms with van der Waals surface area (Å²) in [6, 6.07) is -1.88. The summed E-state index contributed by atoms with van der Waals surface area (Å²) in [6.45, 7) is 1.42. The summed E-state index contributed by atoms with van der Waals surface area (Å²) in [5.74, 6) is -0.459. The quantitative estimate of drug-likeness (QED) is 0.409. The summed E-state index contributed by atoms with van der Waals surface area (Å²) in [4.78, 5) is 31.2. The first-order valence-corrected chi connectivity index (χ1v) is 10.1. The summed E-state index contributed by atoms with van der Waals surface area (Å²) in [6.07, 6.45) is 5.13. The van der Waals surface area contributed by atoms with Crippen LogP contribution in [0.25, 0.3) is 0 Å². The van der Waals surface area contributed by atoms with Crippen molar-refractivity contribution in [3.8, 4) is 0 Å². The molecule has 12 heteroatoms. The molecular formula is C14H24N4O7S. The highest BCUT2D eigenvalue weighted by molar-refractivity contribution is 7.80. The van der Waals surface area contributed by atoms with Gasteiger partial charge in [-0.2, -0.15) is 13.5 Å². The molecule has 3 heterocycles. The highest BCUT2D eigenvalue weighted by Gasteiger charge is 2.49. The van der Waals surface area contributed by atoms with Gasteiger partial charge in [0.1, 0.15) is 6.04 Å². The number of hydroxylamine groups is 3. The van der Waals surface area contributed by atoms with Gasteiger partial charge < -0.3 is 10.2 Å². The van der Waals surface area contributed by atoms with E-state index in [1.54, 1.807) is 0 Å². The topological polar surface area (TPSA) is 138 Å². The third-order valence-electron chi connectivity index (χ3n) is 4.92. The molecule has 3 aliphatic rings. The van der Waals surface area contributed by atoms with Crippen molar-refractivity contribution in [3.63, 3.8) is 0 Å². The van der Waals surface area contributed by atoms with Crippen LogP contribution < -0.4 is 10.8 Å². The molecule has 3 aliphatic heterocycles. The maximum absolute atomic E-state index is 12.4. The van der Waals surface area contributed by atoms with E-state index in [0.29, 0.717) is 24.5 Å². The molecule has 0 aromatic heterocycles. The minimum absolute atomic E-state index is 0.149. The van der Waals surface area contributed by atoms with Crippen molar-refractivity contribution < 1.29 is 31.7 Å². The Labute approximate surface area is 151 Å². The zero-order chi connectivity index (χ0) is 18.7. The molecule has 0 aromatic carbocycles. The normalized spacial score (nSPS) is 29.6. The Kier molecular flexibility index (Phi) is 5.97. The van der Waals surface area contributed by atoms with E-state index in [1.165, 1.54) is 11.3 Å². The van der Waals surface area contributed by atoms with Gasteiger partial charge in [0.2, 0.25) is 0 Å².